The van der Waals surface area contributed by atoms with Gasteiger partial charge in [0.2, 0.25) is 0 Å². The van der Waals surface area contributed by atoms with Gasteiger partial charge < -0.3 is 10.7 Å². The zero-order valence-corrected chi connectivity index (χ0v) is 13.4. The maximum atomic E-state index is 5.94. The number of hydrogen-bond acceptors (Lipinski definition) is 3. The SMILES string of the molecule is CC(C)(C)c1cc2c(-c3ccc4[nH]nc(N)c4c3)ccnc2[nH]1. The van der Waals surface area contributed by atoms with Crippen molar-refractivity contribution in [3.63, 3.8) is 0 Å². The zero-order chi connectivity index (χ0) is 16.2. The first kappa shape index (κ1) is 13.8. The van der Waals surface area contributed by atoms with Gasteiger partial charge in [0.25, 0.3) is 0 Å². The lowest BCUT2D eigenvalue weighted by Crippen LogP contribution is -2.11. The second-order valence-corrected chi connectivity index (χ2v) is 6.92. The summed E-state index contributed by atoms with van der Waals surface area (Å²) in [4.78, 5) is 7.91. The number of nitrogens with zero attached hydrogens (tertiary/aromatic N) is 2. The van der Waals surface area contributed by atoms with Crippen LogP contribution in [0.5, 0.6) is 0 Å². The number of hydrogen-bond donors (Lipinski definition) is 3. The number of H-pyrrole nitrogens is 2. The fourth-order valence-electron chi connectivity index (χ4n) is 2.88. The summed E-state index contributed by atoms with van der Waals surface area (Å²) in [5.41, 5.74) is 11.3. The highest BCUT2D eigenvalue weighted by Gasteiger charge is 2.18. The second kappa shape index (κ2) is 4.59. The van der Waals surface area contributed by atoms with Gasteiger partial charge in [0, 0.05) is 28.1 Å². The molecule has 1 aromatic carbocycles. The molecule has 0 unspecified atom stereocenters. The minimum absolute atomic E-state index is 0.0525. The first-order chi connectivity index (χ1) is 10.9. The van der Waals surface area contributed by atoms with E-state index in [1.807, 2.05) is 18.3 Å². The molecule has 0 aliphatic carbocycles. The van der Waals surface area contributed by atoms with E-state index in [2.05, 4.69) is 59.1 Å². The highest BCUT2D eigenvalue weighted by atomic mass is 15.1. The van der Waals surface area contributed by atoms with Crippen LogP contribution in [0.25, 0.3) is 33.1 Å². The average molecular weight is 305 g/mol. The maximum Gasteiger partial charge on any atom is 0.153 e. The molecule has 4 aromatic rings. The smallest absolute Gasteiger partial charge is 0.153 e. The van der Waals surface area contributed by atoms with E-state index in [1.165, 1.54) is 5.69 Å². The molecule has 0 saturated carbocycles. The third kappa shape index (κ3) is 2.16. The number of aromatic amines is 2. The number of benzene rings is 1. The number of anilines is 1. The molecule has 0 aliphatic heterocycles. The predicted molar refractivity (Wildman–Crippen MR) is 94.3 cm³/mol. The number of aromatic nitrogens is 4. The molecule has 23 heavy (non-hydrogen) atoms. The van der Waals surface area contributed by atoms with Gasteiger partial charge in [0.05, 0.1) is 5.52 Å². The van der Waals surface area contributed by atoms with Crippen LogP contribution in [-0.2, 0) is 5.41 Å². The third-order valence-corrected chi connectivity index (χ3v) is 4.24. The zero-order valence-electron chi connectivity index (χ0n) is 13.4. The molecule has 3 aromatic heterocycles. The molecule has 4 rings (SSSR count). The topological polar surface area (TPSA) is 83.4 Å². The number of nitrogens with two attached hydrogens (primary N) is 1. The molecule has 0 atom stereocenters. The van der Waals surface area contributed by atoms with Crippen molar-refractivity contribution in [2.24, 2.45) is 0 Å². The van der Waals surface area contributed by atoms with E-state index in [9.17, 15) is 0 Å². The Morgan fingerprint density at radius 1 is 1.04 bits per heavy atom. The number of nitrogens with one attached hydrogen (secondary N) is 2. The summed E-state index contributed by atoms with van der Waals surface area (Å²) < 4.78 is 0. The number of pyridine rings is 1. The molecule has 116 valence electrons. The van der Waals surface area contributed by atoms with Gasteiger partial charge in [-0.1, -0.05) is 26.8 Å². The van der Waals surface area contributed by atoms with Crippen LogP contribution in [0.2, 0.25) is 0 Å². The van der Waals surface area contributed by atoms with Crippen molar-refractivity contribution in [3.8, 4) is 11.1 Å². The van der Waals surface area contributed by atoms with E-state index >= 15 is 0 Å². The number of fused-ring (bicyclic) bond motifs is 2. The normalized spacial score (nSPS) is 12.3. The molecule has 0 saturated heterocycles. The van der Waals surface area contributed by atoms with Gasteiger partial charge >= 0.3 is 0 Å². The Bertz CT molecular complexity index is 1020. The highest BCUT2D eigenvalue weighted by molar-refractivity contribution is 5.98. The molecule has 0 aliphatic rings. The first-order valence-corrected chi connectivity index (χ1v) is 7.66. The van der Waals surface area contributed by atoms with E-state index in [0.717, 1.165) is 33.1 Å². The van der Waals surface area contributed by atoms with Crippen LogP contribution in [0.1, 0.15) is 26.5 Å². The van der Waals surface area contributed by atoms with E-state index in [-0.39, 0.29) is 5.41 Å². The molecule has 4 N–H and O–H groups in total. The lowest BCUT2D eigenvalue weighted by Gasteiger charge is -2.15. The second-order valence-electron chi connectivity index (χ2n) is 6.92. The summed E-state index contributed by atoms with van der Waals surface area (Å²) in [6, 6.07) is 10.4. The van der Waals surface area contributed by atoms with E-state index in [0.29, 0.717) is 5.82 Å². The summed E-state index contributed by atoms with van der Waals surface area (Å²) in [5, 5.41) is 9.07. The molecule has 0 fully saturated rings. The molecule has 0 spiro atoms. The standard InChI is InChI=1S/C18H19N5/c1-18(2,3)15-9-12-11(6-7-20-17(12)21-15)10-4-5-14-13(8-10)16(19)23-22-14/h4-9H,1-3H3,(H,20,21)(H3,19,22,23). The van der Waals surface area contributed by atoms with Crippen molar-refractivity contribution in [2.75, 3.05) is 5.73 Å². The van der Waals surface area contributed by atoms with E-state index < -0.39 is 0 Å². The van der Waals surface area contributed by atoms with Gasteiger partial charge in [-0.15, -0.1) is 0 Å². The van der Waals surface area contributed by atoms with Crippen molar-refractivity contribution in [2.45, 2.75) is 26.2 Å². The van der Waals surface area contributed by atoms with E-state index in [4.69, 9.17) is 5.73 Å². The quantitative estimate of drug-likeness (QED) is 0.497. The van der Waals surface area contributed by atoms with Gasteiger partial charge in [-0.3, -0.25) is 5.10 Å². The Kier molecular flexibility index (Phi) is 2.75. The monoisotopic (exact) mass is 305 g/mol. The summed E-state index contributed by atoms with van der Waals surface area (Å²) >= 11 is 0. The predicted octanol–water partition coefficient (Wildman–Crippen LogP) is 3.99. The summed E-state index contributed by atoms with van der Waals surface area (Å²) in [6.45, 7) is 6.57. The third-order valence-electron chi connectivity index (χ3n) is 4.24. The van der Waals surface area contributed by atoms with Crippen LogP contribution in [0.3, 0.4) is 0 Å². The molecule has 5 heteroatoms. The van der Waals surface area contributed by atoms with Gasteiger partial charge in [0.1, 0.15) is 5.65 Å². The van der Waals surface area contributed by atoms with Crippen LogP contribution in [-0.4, -0.2) is 20.2 Å². The Morgan fingerprint density at radius 2 is 1.87 bits per heavy atom. The molecule has 0 amide bonds. The van der Waals surface area contributed by atoms with Crippen molar-refractivity contribution < 1.29 is 0 Å². The van der Waals surface area contributed by atoms with Crippen LogP contribution in [0.4, 0.5) is 5.82 Å². The van der Waals surface area contributed by atoms with E-state index in [1.54, 1.807) is 0 Å². The number of rotatable bonds is 1. The lowest BCUT2D eigenvalue weighted by molar-refractivity contribution is 0.574. The van der Waals surface area contributed by atoms with Gasteiger partial charge in [0.15, 0.2) is 5.82 Å². The minimum atomic E-state index is 0.0525. The first-order valence-electron chi connectivity index (χ1n) is 7.66. The minimum Gasteiger partial charge on any atom is -0.382 e. The Morgan fingerprint density at radius 3 is 2.65 bits per heavy atom. The molecular weight excluding hydrogens is 286 g/mol. The van der Waals surface area contributed by atoms with Crippen LogP contribution >= 0.6 is 0 Å². The van der Waals surface area contributed by atoms with Gasteiger partial charge in [-0.2, -0.15) is 5.10 Å². The fourth-order valence-corrected chi connectivity index (χ4v) is 2.88. The lowest BCUT2D eigenvalue weighted by atomic mass is 9.92. The average Bonchev–Trinajstić information content (AvgIpc) is 3.10. The largest absolute Gasteiger partial charge is 0.382 e. The van der Waals surface area contributed by atoms with Crippen molar-refractivity contribution in [1.82, 2.24) is 20.2 Å². The van der Waals surface area contributed by atoms with Crippen LogP contribution < -0.4 is 5.73 Å². The Balaban J connectivity index is 1.96. The summed E-state index contributed by atoms with van der Waals surface area (Å²) in [5.74, 6) is 0.525. The molecule has 0 bridgehead atoms. The summed E-state index contributed by atoms with van der Waals surface area (Å²) in [6.07, 6.45) is 1.84. The summed E-state index contributed by atoms with van der Waals surface area (Å²) in [7, 11) is 0. The fraction of sp³-hybridized carbons (Fsp3) is 0.222. The highest BCUT2D eigenvalue weighted by Crippen LogP contribution is 2.33. The molecular formula is C18H19N5. The Labute approximate surface area is 133 Å². The maximum absolute atomic E-state index is 5.94. The van der Waals surface area contributed by atoms with Crippen molar-refractivity contribution in [3.05, 3.63) is 42.2 Å². The van der Waals surface area contributed by atoms with Crippen molar-refractivity contribution >= 4 is 27.8 Å². The number of nitrogen functional groups attached to an aromatic ring is 1. The molecule has 3 heterocycles. The van der Waals surface area contributed by atoms with Crippen LogP contribution in [0.15, 0.2) is 36.5 Å². The molecule has 0 radical (unpaired) electrons. The molecule has 5 nitrogen and oxygen atoms in total. The van der Waals surface area contributed by atoms with Crippen molar-refractivity contribution in [1.29, 1.82) is 0 Å². The van der Waals surface area contributed by atoms with Crippen LogP contribution in [0, 0.1) is 0 Å². The van der Waals surface area contributed by atoms with Gasteiger partial charge in [-0.25, -0.2) is 4.98 Å². The Hall–Kier alpha value is -2.82. The van der Waals surface area contributed by atoms with Gasteiger partial charge in [-0.05, 0) is 35.4 Å².